The second-order valence-corrected chi connectivity index (χ2v) is 10.3. The van der Waals surface area contributed by atoms with Gasteiger partial charge in [-0.1, -0.05) is 146 Å². The highest BCUT2D eigenvalue weighted by molar-refractivity contribution is 6.04. The van der Waals surface area contributed by atoms with Gasteiger partial charge in [0.2, 0.25) is 0 Å². The fraction of sp³-hybridized carbons (Fsp3) is 0.0256. The summed E-state index contributed by atoms with van der Waals surface area (Å²) in [7, 11) is 0. The van der Waals surface area contributed by atoms with Gasteiger partial charge in [-0.05, 0) is 62.7 Å². The summed E-state index contributed by atoms with van der Waals surface area (Å²) in [6.45, 7) is 0. The second kappa shape index (κ2) is 11.8. The van der Waals surface area contributed by atoms with Crippen molar-refractivity contribution >= 4 is 16.8 Å². The van der Waals surface area contributed by atoms with E-state index in [1.807, 2.05) is 42.5 Å². The third kappa shape index (κ3) is 5.45. The highest BCUT2D eigenvalue weighted by Gasteiger charge is 2.30. The molecular weight excluding hydrogens is 530 g/mol. The van der Waals surface area contributed by atoms with Gasteiger partial charge in [0, 0.05) is 0 Å². The van der Waals surface area contributed by atoms with E-state index in [1.165, 1.54) is 22.3 Å². The van der Waals surface area contributed by atoms with Crippen LogP contribution in [0.1, 0.15) is 34.1 Å². The molecule has 4 nitrogen and oxygen atoms in total. The van der Waals surface area contributed by atoms with Crippen LogP contribution in [-0.2, 0) is 4.84 Å². The average Bonchev–Trinajstić information content (AvgIpc) is 3.40. The van der Waals surface area contributed by atoms with E-state index < -0.39 is 6.29 Å². The predicted octanol–water partition coefficient (Wildman–Crippen LogP) is 9.58. The summed E-state index contributed by atoms with van der Waals surface area (Å²) in [6, 6.07) is 55.8. The maximum atomic E-state index is 10.0. The molecule has 0 aliphatic carbocycles. The smallest absolute Gasteiger partial charge is 0.254 e. The largest absolute Gasteiger partial charge is 0.458 e. The van der Waals surface area contributed by atoms with E-state index in [4.69, 9.17) is 9.57 Å². The Morgan fingerprint density at radius 1 is 0.488 bits per heavy atom. The Labute approximate surface area is 251 Å². The summed E-state index contributed by atoms with van der Waals surface area (Å²) in [5.41, 5.74) is 10.6. The number of hydrogen-bond donors (Lipinski definition) is 1. The summed E-state index contributed by atoms with van der Waals surface area (Å²) in [4.78, 5) is 5.47. The van der Waals surface area contributed by atoms with Crippen molar-refractivity contribution in [3.05, 3.63) is 192 Å². The first-order chi connectivity index (χ1) is 21.2. The SMILES string of the molecule is ON1OC(Oc2ccc(-c3ccc(C(=C(c4ccccc4)c4ccccc4)c4ccccc4)cc3)cc2)c2ccccc21. The van der Waals surface area contributed by atoms with Crippen LogP contribution in [0.3, 0.4) is 0 Å². The zero-order valence-corrected chi connectivity index (χ0v) is 23.4. The van der Waals surface area contributed by atoms with Crippen LogP contribution >= 0.6 is 0 Å². The van der Waals surface area contributed by atoms with Crippen LogP contribution in [-0.4, -0.2) is 5.21 Å². The van der Waals surface area contributed by atoms with Gasteiger partial charge in [0.1, 0.15) is 11.4 Å². The van der Waals surface area contributed by atoms with Crippen LogP contribution in [0, 0.1) is 0 Å². The van der Waals surface area contributed by atoms with Crippen molar-refractivity contribution in [1.82, 2.24) is 0 Å². The number of ether oxygens (including phenoxy) is 1. The van der Waals surface area contributed by atoms with Crippen molar-refractivity contribution in [3.8, 4) is 16.9 Å². The van der Waals surface area contributed by atoms with E-state index >= 15 is 0 Å². The highest BCUT2D eigenvalue weighted by atomic mass is 16.9. The van der Waals surface area contributed by atoms with Crippen molar-refractivity contribution in [2.75, 3.05) is 5.23 Å². The molecule has 0 spiro atoms. The number of anilines is 1. The minimum absolute atomic E-state index is 0.579. The first kappa shape index (κ1) is 26.5. The molecular formula is C39H29NO3. The van der Waals surface area contributed by atoms with Crippen LogP contribution in [0.4, 0.5) is 5.69 Å². The lowest BCUT2D eigenvalue weighted by atomic mass is 9.85. The third-order valence-electron chi connectivity index (χ3n) is 7.63. The van der Waals surface area contributed by atoms with E-state index in [1.54, 1.807) is 6.07 Å². The molecule has 0 saturated carbocycles. The number of fused-ring (bicyclic) bond motifs is 1. The van der Waals surface area contributed by atoms with Crippen LogP contribution in [0.2, 0.25) is 0 Å². The summed E-state index contributed by atoms with van der Waals surface area (Å²) in [5.74, 6) is 0.653. The van der Waals surface area contributed by atoms with Gasteiger partial charge in [0.15, 0.2) is 0 Å². The van der Waals surface area contributed by atoms with Gasteiger partial charge in [-0.3, -0.25) is 5.21 Å². The van der Waals surface area contributed by atoms with Gasteiger partial charge < -0.3 is 4.74 Å². The quantitative estimate of drug-likeness (QED) is 0.198. The maximum absolute atomic E-state index is 10.0. The Balaban J connectivity index is 1.22. The van der Waals surface area contributed by atoms with E-state index in [0.717, 1.165) is 33.0 Å². The molecule has 0 amide bonds. The summed E-state index contributed by atoms with van der Waals surface area (Å²) < 4.78 is 6.04. The van der Waals surface area contributed by atoms with Crippen LogP contribution in [0.25, 0.3) is 22.3 Å². The van der Waals surface area contributed by atoms with Gasteiger partial charge >= 0.3 is 0 Å². The first-order valence-electron chi connectivity index (χ1n) is 14.3. The van der Waals surface area contributed by atoms with Crippen molar-refractivity contribution in [2.45, 2.75) is 6.29 Å². The fourth-order valence-electron chi connectivity index (χ4n) is 5.55. The molecule has 0 radical (unpaired) electrons. The van der Waals surface area contributed by atoms with Gasteiger partial charge in [-0.15, -0.1) is 5.23 Å². The zero-order chi connectivity index (χ0) is 29.0. The number of rotatable bonds is 7. The van der Waals surface area contributed by atoms with Crippen molar-refractivity contribution < 1.29 is 14.8 Å². The molecule has 6 aromatic rings. The van der Waals surface area contributed by atoms with Gasteiger partial charge in [-0.2, -0.15) is 4.84 Å². The molecule has 1 N–H and O–H groups in total. The average molecular weight is 560 g/mol. The van der Waals surface area contributed by atoms with E-state index in [0.29, 0.717) is 11.4 Å². The van der Waals surface area contributed by atoms with Crippen molar-refractivity contribution in [2.24, 2.45) is 0 Å². The lowest BCUT2D eigenvalue weighted by Gasteiger charge is -2.18. The number of para-hydroxylation sites is 1. The van der Waals surface area contributed by atoms with Crippen molar-refractivity contribution in [3.63, 3.8) is 0 Å². The summed E-state index contributed by atoms with van der Waals surface area (Å²) in [6.07, 6.45) is -0.710. The number of benzene rings is 6. The molecule has 4 heteroatoms. The molecule has 1 atom stereocenters. The van der Waals surface area contributed by atoms with E-state index in [2.05, 4.69) is 115 Å². The van der Waals surface area contributed by atoms with Gasteiger partial charge in [-0.25, -0.2) is 0 Å². The van der Waals surface area contributed by atoms with Crippen LogP contribution in [0.15, 0.2) is 164 Å². The Hall–Kier alpha value is -5.42. The third-order valence-corrected chi connectivity index (χ3v) is 7.63. The molecule has 1 aliphatic rings. The Bertz CT molecular complexity index is 1810. The summed E-state index contributed by atoms with van der Waals surface area (Å²) >= 11 is 0. The van der Waals surface area contributed by atoms with E-state index in [-0.39, 0.29) is 0 Å². The topological polar surface area (TPSA) is 41.9 Å². The Morgan fingerprint density at radius 3 is 1.42 bits per heavy atom. The predicted molar refractivity (Wildman–Crippen MR) is 171 cm³/mol. The Morgan fingerprint density at radius 2 is 0.907 bits per heavy atom. The number of hydrogen-bond acceptors (Lipinski definition) is 4. The highest BCUT2D eigenvalue weighted by Crippen LogP contribution is 2.39. The molecule has 1 unspecified atom stereocenters. The molecule has 0 aromatic heterocycles. The monoisotopic (exact) mass is 559 g/mol. The zero-order valence-electron chi connectivity index (χ0n) is 23.4. The van der Waals surface area contributed by atoms with E-state index in [9.17, 15) is 5.21 Å². The first-order valence-corrected chi connectivity index (χ1v) is 14.3. The molecule has 6 aromatic carbocycles. The fourth-order valence-corrected chi connectivity index (χ4v) is 5.55. The molecule has 7 rings (SSSR count). The maximum Gasteiger partial charge on any atom is 0.254 e. The lowest BCUT2D eigenvalue weighted by Crippen LogP contribution is -2.15. The van der Waals surface area contributed by atoms with Gasteiger partial charge in [0.25, 0.3) is 6.29 Å². The Kier molecular flexibility index (Phi) is 7.28. The van der Waals surface area contributed by atoms with Gasteiger partial charge in [0.05, 0.1) is 5.56 Å². The molecule has 1 aliphatic heterocycles. The molecule has 0 bridgehead atoms. The molecule has 208 valence electrons. The molecule has 43 heavy (non-hydrogen) atoms. The van der Waals surface area contributed by atoms with Crippen molar-refractivity contribution in [1.29, 1.82) is 0 Å². The minimum Gasteiger partial charge on any atom is -0.458 e. The minimum atomic E-state index is -0.710. The van der Waals surface area contributed by atoms with Crippen LogP contribution < -0.4 is 9.96 Å². The second-order valence-electron chi connectivity index (χ2n) is 10.3. The molecule has 0 fully saturated rings. The number of nitrogens with zero attached hydrogens (tertiary/aromatic N) is 1. The summed E-state index contributed by atoms with van der Waals surface area (Å²) in [5, 5.41) is 10.8. The normalized spacial score (nSPS) is 13.8. The van der Waals surface area contributed by atoms with Crippen LogP contribution in [0.5, 0.6) is 5.75 Å². The lowest BCUT2D eigenvalue weighted by molar-refractivity contribution is -0.144. The molecule has 1 heterocycles. The molecule has 0 saturated heterocycles. The standard InChI is InChI=1S/C39H29NO3/c41-40-36-19-11-10-18-35(36)39(43-40)42-34-26-24-29(25-27-34)28-20-22-33(23-21-28)38(32-16-8-3-9-17-32)37(30-12-4-1-5-13-30)31-14-6-2-7-15-31/h1-27,39,41H.